The second-order valence-corrected chi connectivity index (χ2v) is 6.92. The minimum absolute atomic E-state index is 0.106. The first-order valence-corrected chi connectivity index (χ1v) is 8.83. The van der Waals surface area contributed by atoms with E-state index in [4.69, 9.17) is 0 Å². The van der Waals surface area contributed by atoms with Crippen molar-refractivity contribution < 1.29 is 4.79 Å². The van der Waals surface area contributed by atoms with E-state index in [2.05, 4.69) is 18.2 Å². The third-order valence-electron chi connectivity index (χ3n) is 3.20. The van der Waals surface area contributed by atoms with E-state index < -0.39 is 0 Å². The number of carbonyl (C=O) groups is 1. The summed E-state index contributed by atoms with van der Waals surface area (Å²) in [4.78, 5) is 14.3. The molecule has 0 bridgehead atoms. The zero-order valence-electron chi connectivity index (χ0n) is 11.6. The molecule has 0 radical (unpaired) electrons. The average molecular weight is 310 g/mol. The molecule has 2 aromatic rings. The Morgan fingerprint density at radius 1 is 0.857 bits per heavy atom. The molecule has 0 unspecified atom stereocenters. The predicted molar refractivity (Wildman–Crippen MR) is 93.6 cm³/mol. The van der Waals surface area contributed by atoms with E-state index in [1.165, 1.54) is 10.5 Å². The number of benzene rings is 2. The van der Waals surface area contributed by atoms with Crippen molar-refractivity contribution in [2.24, 2.45) is 0 Å². The van der Waals surface area contributed by atoms with Crippen LogP contribution in [0.4, 0.5) is 0 Å². The molecule has 0 amide bonds. The normalized spacial score (nSPS) is 16.5. The smallest absolute Gasteiger partial charge is 0.161 e. The third-order valence-corrected chi connectivity index (χ3v) is 5.65. The molecule has 0 aliphatic carbocycles. The van der Waals surface area contributed by atoms with Gasteiger partial charge in [0.2, 0.25) is 0 Å². The lowest BCUT2D eigenvalue weighted by atomic mass is 10.0. The number of ketones is 1. The number of hydrogen-bond donors (Lipinski definition) is 0. The molecule has 0 atom stereocenters. The maximum absolute atomic E-state index is 12.1. The molecular weight excluding hydrogens is 296 g/mol. The highest BCUT2D eigenvalue weighted by Crippen LogP contribution is 2.51. The van der Waals surface area contributed by atoms with Crippen molar-refractivity contribution in [3.63, 3.8) is 0 Å². The predicted octanol–water partition coefficient (Wildman–Crippen LogP) is 5.42. The van der Waals surface area contributed by atoms with Crippen LogP contribution in [0.25, 0.3) is 10.5 Å². The van der Waals surface area contributed by atoms with Crippen LogP contribution in [0, 0.1) is 0 Å². The zero-order valence-corrected chi connectivity index (χ0v) is 13.2. The lowest BCUT2D eigenvalue weighted by molar-refractivity contribution is -0.111. The lowest BCUT2D eigenvalue weighted by Crippen LogP contribution is -1.97. The van der Waals surface area contributed by atoms with E-state index in [1.807, 2.05) is 48.5 Å². The van der Waals surface area contributed by atoms with Crippen LogP contribution in [-0.2, 0) is 4.79 Å². The molecule has 21 heavy (non-hydrogen) atoms. The van der Waals surface area contributed by atoms with Gasteiger partial charge in [-0.05, 0) is 24.1 Å². The Kier molecular flexibility index (Phi) is 4.32. The van der Waals surface area contributed by atoms with Gasteiger partial charge in [0.15, 0.2) is 5.78 Å². The van der Waals surface area contributed by atoms with Gasteiger partial charge in [-0.1, -0.05) is 82.3 Å². The maximum atomic E-state index is 12.1. The molecule has 1 aliphatic rings. The largest absolute Gasteiger partial charge is 0.294 e. The Morgan fingerprint density at radius 3 is 2.10 bits per heavy atom. The Hall–Kier alpha value is -1.71. The highest BCUT2D eigenvalue weighted by Gasteiger charge is 2.20. The van der Waals surface area contributed by atoms with Crippen LogP contribution in [0.5, 0.6) is 0 Å². The average Bonchev–Trinajstić information content (AvgIpc) is 2.98. The van der Waals surface area contributed by atoms with Crippen LogP contribution in [0.3, 0.4) is 0 Å². The number of Topliss-reactive ketones (excluding diaryl/α,β-unsaturated/α-hetero) is 1. The van der Waals surface area contributed by atoms with Crippen LogP contribution >= 0.6 is 21.6 Å². The summed E-state index contributed by atoms with van der Waals surface area (Å²) >= 11 is 0. The standard InChI is InChI=1S/C18H14OS2/c1-13(19)18(15-10-6-3-7-11-15)17-12-16(20-21-17)14-8-4-2-5-9-14/h2-12H,1H3/b18-17-. The summed E-state index contributed by atoms with van der Waals surface area (Å²) in [6.45, 7) is 1.63. The molecule has 0 aromatic heterocycles. The van der Waals surface area contributed by atoms with E-state index in [0.29, 0.717) is 0 Å². The first-order valence-electron chi connectivity index (χ1n) is 6.68. The topological polar surface area (TPSA) is 17.1 Å². The maximum Gasteiger partial charge on any atom is 0.161 e. The second kappa shape index (κ2) is 6.37. The molecule has 0 saturated heterocycles. The molecule has 0 fully saturated rings. The summed E-state index contributed by atoms with van der Waals surface area (Å²) in [5.41, 5.74) is 2.98. The highest BCUT2D eigenvalue weighted by atomic mass is 33.1. The van der Waals surface area contributed by atoms with Gasteiger partial charge in [0.1, 0.15) is 0 Å². The summed E-state index contributed by atoms with van der Waals surface area (Å²) in [5, 5.41) is 0. The van der Waals surface area contributed by atoms with Crippen molar-refractivity contribution in [2.45, 2.75) is 6.92 Å². The summed E-state index contributed by atoms with van der Waals surface area (Å²) in [6, 6.07) is 20.1. The molecule has 3 heteroatoms. The van der Waals surface area contributed by atoms with Crippen molar-refractivity contribution in [3.8, 4) is 0 Å². The molecule has 1 aliphatic heterocycles. The van der Waals surface area contributed by atoms with Gasteiger partial charge in [-0.2, -0.15) is 0 Å². The molecule has 104 valence electrons. The monoisotopic (exact) mass is 310 g/mol. The quantitative estimate of drug-likeness (QED) is 0.556. The van der Waals surface area contributed by atoms with Crippen LogP contribution in [-0.4, -0.2) is 5.78 Å². The van der Waals surface area contributed by atoms with Crippen LogP contribution in [0.15, 0.2) is 71.6 Å². The Balaban J connectivity index is 2.05. The molecule has 1 nitrogen and oxygen atoms in total. The molecule has 2 aromatic carbocycles. The van der Waals surface area contributed by atoms with Gasteiger partial charge >= 0.3 is 0 Å². The van der Waals surface area contributed by atoms with Crippen molar-refractivity contribution in [3.05, 3.63) is 82.8 Å². The fourth-order valence-corrected chi connectivity index (χ4v) is 4.76. The highest BCUT2D eigenvalue weighted by molar-refractivity contribution is 8.82. The molecular formula is C18H14OS2. The van der Waals surface area contributed by atoms with Crippen molar-refractivity contribution in [1.29, 1.82) is 0 Å². The molecule has 0 N–H and O–H groups in total. The van der Waals surface area contributed by atoms with Crippen molar-refractivity contribution >= 4 is 37.8 Å². The van der Waals surface area contributed by atoms with Crippen LogP contribution in [0.1, 0.15) is 18.1 Å². The van der Waals surface area contributed by atoms with Crippen LogP contribution < -0.4 is 0 Å². The van der Waals surface area contributed by atoms with E-state index in [0.717, 1.165) is 16.0 Å². The van der Waals surface area contributed by atoms with E-state index >= 15 is 0 Å². The van der Waals surface area contributed by atoms with Gasteiger partial charge in [0.25, 0.3) is 0 Å². The minimum atomic E-state index is 0.106. The summed E-state index contributed by atoms with van der Waals surface area (Å²) in [6.07, 6.45) is 2.12. The fraction of sp³-hybridized carbons (Fsp3) is 0.0556. The number of carbonyl (C=O) groups excluding carboxylic acids is 1. The summed E-state index contributed by atoms with van der Waals surface area (Å²) in [5.74, 6) is 0.106. The first-order chi connectivity index (χ1) is 10.3. The Bertz CT molecular complexity index is 715. The zero-order chi connectivity index (χ0) is 14.7. The van der Waals surface area contributed by atoms with Gasteiger partial charge in [0.05, 0.1) is 0 Å². The van der Waals surface area contributed by atoms with E-state index in [1.54, 1.807) is 28.5 Å². The van der Waals surface area contributed by atoms with E-state index in [9.17, 15) is 4.79 Å². The Morgan fingerprint density at radius 2 is 1.48 bits per heavy atom. The SMILES string of the molecule is CC(=O)/C(=C1\C=C(c2ccccc2)SS1)c1ccccc1. The van der Waals surface area contributed by atoms with Gasteiger partial charge in [0, 0.05) is 15.4 Å². The van der Waals surface area contributed by atoms with Crippen LogP contribution in [0.2, 0.25) is 0 Å². The van der Waals surface area contributed by atoms with Gasteiger partial charge in [-0.25, -0.2) is 0 Å². The summed E-state index contributed by atoms with van der Waals surface area (Å²) < 4.78 is 0. The van der Waals surface area contributed by atoms with E-state index in [-0.39, 0.29) is 5.78 Å². The number of rotatable bonds is 3. The summed E-state index contributed by atoms with van der Waals surface area (Å²) in [7, 11) is 3.37. The molecule has 3 rings (SSSR count). The molecule has 0 saturated carbocycles. The number of hydrogen-bond acceptors (Lipinski definition) is 3. The Labute approximate surface area is 132 Å². The lowest BCUT2D eigenvalue weighted by Gasteiger charge is -2.06. The minimum Gasteiger partial charge on any atom is -0.294 e. The van der Waals surface area contributed by atoms with Gasteiger partial charge in [-0.15, -0.1) is 0 Å². The molecule has 1 heterocycles. The van der Waals surface area contributed by atoms with Crippen molar-refractivity contribution in [2.75, 3.05) is 0 Å². The first kappa shape index (κ1) is 14.2. The van der Waals surface area contributed by atoms with Gasteiger partial charge in [-0.3, -0.25) is 4.79 Å². The number of allylic oxidation sites excluding steroid dienone is 2. The fourth-order valence-electron chi connectivity index (χ4n) is 2.23. The second-order valence-electron chi connectivity index (χ2n) is 4.70. The van der Waals surface area contributed by atoms with Crippen molar-refractivity contribution in [1.82, 2.24) is 0 Å². The van der Waals surface area contributed by atoms with Gasteiger partial charge < -0.3 is 0 Å². The molecule has 0 spiro atoms. The third kappa shape index (κ3) is 3.14.